The average Bonchev–Trinajstić information content (AvgIpc) is 2.62. The van der Waals surface area contributed by atoms with Crippen LogP contribution in [0.25, 0.3) is 6.08 Å². The summed E-state index contributed by atoms with van der Waals surface area (Å²) in [7, 11) is 0. The SMILES string of the molecule is C=CCc1cc(/C=C/C(=O)C2C=CC(=S)C=C2)c(OC(C)C)cc1OC(C)C. The molecule has 0 saturated carbocycles. The zero-order valence-corrected chi connectivity index (χ0v) is 17.8. The van der Waals surface area contributed by atoms with Crippen LogP contribution in [0.4, 0.5) is 0 Å². The standard InChI is InChI=1S/C24H28O3S/c1-6-7-19-14-20(10-13-22(25)18-8-11-21(28)12-9-18)24(27-17(4)5)15-23(19)26-16(2)3/h6,8-18H,1,7H2,2-5H3/b13-10+. The number of rotatable bonds is 9. The Labute approximate surface area is 173 Å². The first kappa shape index (κ1) is 21.8. The molecule has 0 aliphatic heterocycles. The van der Waals surface area contributed by atoms with Gasteiger partial charge >= 0.3 is 0 Å². The maximum Gasteiger partial charge on any atom is 0.166 e. The molecule has 0 radical (unpaired) electrons. The van der Waals surface area contributed by atoms with E-state index in [0.717, 1.165) is 21.7 Å². The first-order valence-corrected chi connectivity index (χ1v) is 9.94. The van der Waals surface area contributed by atoms with Gasteiger partial charge in [0, 0.05) is 16.5 Å². The minimum atomic E-state index is -0.284. The monoisotopic (exact) mass is 396 g/mol. The number of ether oxygens (including phenoxy) is 2. The second-order valence-corrected chi connectivity index (χ2v) is 7.68. The summed E-state index contributed by atoms with van der Waals surface area (Å²) in [5.74, 6) is 1.19. The van der Waals surface area contributed by atoms with Gasteiger partial charge in [-0.1, -0.05) is 30.4 Å². The third-order valence-electron chi connectivity index (χ3n) is 3.97. The predicted octanol–water partition coefficient (Wildman–Crippen LogP) is 5.68. The van der Waals surface area contributed by atoms with Gasteiger partial charge in [0.05, 0.1) is 18.1 Å². The number of allylic oxidation sites excluding steroid dienone is 6. The van der Waals surface area contributed by atoms with Gasteiger partial charge in [-0.05, 0) is 70.0 Å². The molecule has 28 heavy (non-hydrogen) atoms. The Morgan fingerprint density at radius 1 is 1.11 bits per heavy atom. The minimum absolute atomic E-state index is 0.00160. The van der Waals surface area contributed by atoms with Gasteiger partial charge in [0.1, 0.15) is 11.5 Å². The zero-order valence-electron chi connectivity index (χ0n) is 17.0. The van der Waals surface area contributed by atoms with Crippen LogP contribution in [0.15, 0.2) is 55.2 Å². The van der Waals surface area contributed by atoms with Gasteiger partial charge in [-0.3, -0.25) is 4.79 Å². The highest BCUT2D eigenvalue weighted by Crippen LogP contribution is 2.32. The van der Waals surface area contributed by atoms with E-state index < -0.39 is 0 Å². The molecule has 1 aliphatic rings. The minimum Gasteiger partial charge on any atom is -0.491 e. The lowest BCUT2D eigenvalue weighted by Crippen LogP contribution is -2.11. The summed E-state index contributed by atoms with van der Waals surface area (Å²) >= 11 is 5.09. The lowest BCUT2D eigenvalue weighted by molar-refractivity contribution is -0.115. The number of carbonyl (C=O) groups excluding carboxylic acids is 1. The first-order valence-electron chi connectivity index (χ1n) is 9.53. The van der Waals surface area contributed by atoms with Crippen molar-refractivity contribution in [3.63, 3.8) is 0 Å². The number of carbonyl (C=O) groups is 1. The van der Waals surface area contributed by atoms with E-state index in [-0.39, 0.29) is 23.9 Å². The third-order valence-corrected chi connectivity index (χ3v) is 4.25. The summed E-state index contributed by atoms with van der Waals surface area (Å²) in [4.78, 5) is 13.3. The molecule has 0 N–H and O–H groups in total. The van der Waals surface area contributed by atoms with E-state index in [1.54, 1.807) is 24.3 Å². The fraction of sp³-hybridized carbons (Fsp3) is 0.333. The first-order chi connectivity index (χ1) is 13.3. The third kappa shape index (κ3) is 6.31. The molecule has 0 heterocycles. The van der Waals surface area contributed by atoms with Crippen LogP contribution in [-0.4, -0.2) is 22.9 Å². The molecule has 4 heteroatoms. The van der Waals surface area contributed by atoms with Gasteiger partial charge in [-0.15, -0.1) is 6.58 Å². The van der Waals surface area contributed by atoms with Crippen LogP contribution >= 0.6 is 12.2 Å². The summed E-state index contributed by atoms with van der Waals surface area (Å²) in [5.41, 5.74) is 1.85. The van der Waals surface area contributed by atoms with Crippen molar-refractivity contribution in [3.8, 4) is 11.5 Å². The van der Waals surface area contributed by atoms with E-state index in [1.165, 1.54) is 0 Å². The van der Waals surface area contributed by atoms with Crippen LogP contribution in [0.5, 0.6) is 11.5 Å². The van der Waals surface area contributed by atoms with Crippen LogP contribution in [0.2, 0.25) is 0 Å². The molecule has 1 aromatic rings. The van der Waals surface area contributed by atoms with Gasteiger partial charge < -0.3 is 9.47 Å². The van der Waals surface area contributed by atoms with E-state index in [0.29, 0.717) is 12.2 Å². The van der Waals surface area contributed by atoms with E-state index >= 15 is 0 Å². The molecule has 0 spiro atoms. The molecule has 0 unspecified atom stereocenters. The largest absolute Gasteiger partial charge is 0.491 e. The molecule has 0 bridgehead atoms. The molecular weight excluding hydrogens is 368 g/mol. The van der Waals surface area contributed by atoms with Crippen molar-refractivity contribution in [1.29, 1.82) is 0 Å². The average molecular weight is 397 g/mol. The molecule has 2 rings (SSSR count). The Bertz CT molecular complexity index is 812. The van der Waals surface area contributed by atoms with Crippen molar-refractivity contribution < 1.29 is 14.3 Å². The van der Waals surface area contributed by atoms with Gasteiger partial charge in [-0.25, -0.2) is 0 Å². The van der Waals surface area contributed by atoms with Crippen molar-refractivity contribution in [1.82, 2.24) is 0 Å². The number of thiocarbonyl (C=S) groups is 1. The van der Waals surface area contributed by atoms with Gasteiger partial charge in [0.25, 0.3) is 0 Å². The van der Waals surface area contributed by atoms with Crippen molar-refractivity contribution in [2.24, 2.45) is 5.92 Å². The molecule has 3 nitrogen and oxygen atoms in total. The quantitative estimate of drug-likeness (QED) is 0.305. The number of ketones is 1. The van der Waals surface area contributed by atoms with Crippen LogP contribution in [0.1, 0.15) is 38.8 Å². The van der Waals surface area contributed by atoms with Crippen molar-refractivity contribution in [2.45, 2.75) is 46.3 Å². The van der Waals surface area contributed by atoms with E-state index in [1.807, 2.05) is 58.1 Å². The zero-order chi connectivity index (χ0) is 20.7. The Hall–Kier alpha value is -2.46. The number of hydrogen-bond acceptors (Lipinski definition) is 4. The summed E-state index contributed by atoms with van der Waals surface area (Å²) in [6.07, 6.45) is 13.2. The van der Waals surface area contributed by atoms with E-state index in [2.05, 4.69) is 6.58 Å². The molecule has 0 amide bonds. The summed E-state index contributed by atoms with van der Waals surface area (Å²) in [6, 6.07) is 3.91. The molecule has 1 aliphatic carbocycles. The topological polar surface area (TPSA) is 35.5 Å². The maximum atomic E-state index is 12.5. The highest BCUT2D eigenvalue weighted by molar-refractivity contribution is 7.81. The van der Waals surface area contributed by atoms with Crippen molar-refractivity contribution in [3.05, 3.63) is 66.3 Å². The summed E-state index contributed by atoms with van der Waals surface area (Å²) in [6.45, 7) is 11.8. The fourth-order valence-electron chi connectivity index (χ4n) is 2.78. The Morgan fingerprint density at radius 3 is 2.29 bits per heavy atom. The Morgan fingerprint density at radius 2 is 1.71 bits per heavy atom. The summed E-state index contributed by atoms with van der Waals surface area (Å²) in [5, 5.41) is 0. The normalized spacial score (nSPS) is 14.3. The predicted molar refractivity (Wildman–Crippen MR) is 120 cm³/mol. The van der Waals surface area contributed by atoms with Crippen molar-refractivity contribution in [2.75, 3.05) is 0 Å². The van der Waals surface area contributed by atoms with Crippen LogP contribution < -0.4 is 9.47 Å². The van der Waals surface area contributed by atoms with Crippen molar-refractivity contribution >= 4 is 28.9 Å². The lowest BCUT2D eigenvalue weighted by atomic mass is 9.97. The van der Waals surface area contributed by atoms with Crippen LogP contribution in [0, 0.1) is 5.92 Å². The molecule has 0 saturated heterocycles. The van der Waals surface area contributed by atoms with Gasteiger partial charge in [0.15, 0.2) is 5.78 Å². The van der Waals surface area contributed by atoms with Gasteiger partial charge in [-0.2, -0.15) is 0 Å². The number of benzene rings is 1. The maximum absolute atomic E-state index is 12.5. The fourth-order valence-corrected chi connectivity index (χ4v) is 2.94. The highest BCUT2D eigenvalue weighted by atomic mass is 32.1. The molecule has 1 aromatic carbocycles. The second kappa shape index (κ2) is 10.2. The molecule has 0 aromatic heterocycles. The molecule has 148 valence electrons. The number of hydrogen-bond donors (Lipinski definition) is 0. The van der Waals surface area contributed by atoms with Crippen LogP contribution in [0.3, 0.4) is 0 Å². The highest BCUT2D eigenvalue weighted by Gasteiger charge is 2.15. The Kier molecular flexibility index (Phi) is 7.94. The second-order valence-electron chi connectivity index (χ2n) is 7.21. The molecule has 0 atom stereocenters. The van der Waals surface area contributed by atoms with E-state index in [9.17, 15) is 4.79 Å². The summed E-state index contributed by atoms with van der Waals surface area (Å²) < 4.78 is 11.9. The van der Waals surface area contributed by atoms with E-state index in [4.69, 9.17) is 21.7 Å². The smallest absolute Gasteiger partial charge is 0.166 e. The Balaban J connectivity index is 2.36. The van der Waals surface area contributed by atoms with Crippen LogP contribution in [-0.2, 0) is 11.2 Å². The van der Waals surface area contributed by atoms with Gasteiger partial charge in [0.2, 0.25) is 0 Å². The molecular formula is C24H28O3S. The molecule has 0 fully saturated rings. The lowest BCUT2D eigenvalue weighted by Gasteiger charge is -2.19.